The van der Waals surface area contributed by atoms with Gasteiger partial charge in [0.15, 0.2) is 0 Å². The van der Waals surface area contributed by atoms with E-state index in [1.165, 1.54) is 0 Å². The lowest BCUT2D eigenvalue weighted by Crippen LogP contribution is -2.51. The third-order valence-electron chi connectivity index (χ3n) is 8.36. The van der Waals surface area contributed by atoms with Crippen LogP contribution in [0.5, 0.6) is 11.5 Å². The first-order valence-electron chi connectivity index (χ1n) is 16.0. The quantitative estimate of drug-likeness (QED) is 0.296. The second kappa shape index (κ2) is 15.2. The number of benzene rings is 1. The SMILES string of the molecule is COCCCOc1cc(CN(C(=O)[C@H]2CNC[C@@H](C(=O)NC(CC(C)C)CC(C)C)C2)C2CC2)cc2c1CCCO2. The fraction of sp³-hybridized carbons (Fsp3) is 0.758. The van der Waals surface area contributed by atoms with Crippen molar-refractivity contribution in [2.75, 3.05) is 40.0 Å². The number of nitrogens with one attached hydrogen (secondary N) is 2. The molecule has 2 fully saturated rings. The molecule has 1 aromatic carbocycles. The summed E-state index contributed by atoms with van der Waals surface area (Å²) in [5.41, 5.74) is 2.16. The van der Waals surface area contributed by atoms with Crippen LogP contribution in [0.3, 0.4) is 0 Å². The minimum atomic E-state index is -0.201. The van der Waals surface area contributed by atoms with Gasteiger partial charge >= 0.3 is 0 Å². The number of piperidine rings is 1. The van der Waals surface area contributed by atoms with Gasteiger partial charge in [-0.25, -0.2) is 0 Å². The Hall–Kier alpha value is -2.32. The molecular weight excluding hydrogens is 518 g/mol. The van der Waals surface area contributed by atoms with Gasteiger partial charge in [0.1, 0.15) is 11.5 Å². The monoisotopic (exact) mass is 571 g/mol. The fourth-order valence-electron chi connectivity index (χ4n) is 6.29. The molecule has 1 saturated carbocycles. The average Bonchev–Trinajstić information content (AvgIpc) is 3.78. The van der Waals surface area contributed by atoms with Crippen molar-refractivity contribution in [2.45, 2.75) is 97.7 Å². The highest BCUT2D eigenvalue weighted by atomic mass is 16.5. The van der Waals surface area contributed by atoms with Crippen molar-refractivity contribution in [3.05, 3.63) is 23.3 Å². The molecule has 1 aromatic rings. The number of amides is 2. The van der Waals surface area contributed by atoms with Crippen LogP contribution in [-0.4, -0.2) is 68.8 Å². The minimum Gasteiger partial charge on any atom is -0.493 e. The summed E-state index contributed by atoms with van der Waals surface area (Å²) >= 11 is 0. The van der Waals surface area contributed by atoms with Crippen LogP contribution >= 0.6 is 0 Å². The number of carbonyl (C=O) groups is 2. The summed E-state index contributed by atoms with van der Waals surface area (Å²) in [6.45, 7) is 12.5. The summed E-state index contributed by atoms with van der Waals surface area (Å²) in [5, 5.41) is 6.74. The maximum Gasteiger partial charge on any atom is 0.227 e. The predicted molar refractivity (Wildman–Crippen MR) is 161 cm³/mol. The number of nitrogens with zero attached hydrogens (tertiary/aromatic N) is 1. The van der Waals surface area contributed by atoms with Crippen LogP contribution in [0.2, 0.25) is 0 Å². The van der Waals surface area contributed by atoms with Crippen molar-refractivity contribution in [1.82, 2.24) is 15.5 Å². The summed E-state index contributed by atoms with van der Waals surface area (Å²) in [6.07, 6.45) is 7.35. The standard InChI is InChI=1S/C33H53N3O5/c1-22(2)14-27(15-23(3)4)35-32(37)25-18-26(20-34-19-25)33(38)36(28-9-10-28)21-24-16-30-29(8-6-12-40-30)31(17-24)41-13-7-11-39-5/h16-17,22-23,25-28,34H,6-15,18-21H2,1-5H3,(H,35,37)/t25-,26+/m0/s1. The van der Waals surface area contributed by atoms with E-state index in [9.17, 15) is 9.59 Å². The average molecular weight is 572 g/mol. The number of hydrogen-bond acceptors (Lipinski definition) is 6. The molecule has 2 amide bonds. The molecule has 41 heavy (non-hydrogen) atoms. The lowest BCUT2D eigenvalue weighted by Gasteiger charge is -2.34. The normalized spacial score (nSPS) is 20.6. The molecule has 1 saturated heterocycles. The molecule has 0 unspecified atom stereocenters. The van der Waals surface area contributed by atoms with Gasteiger partial charge in [0.25, 0.3) is 0 Å². The zero-order valence-electron chi connectivity index (χ0n) is 26.0. The molecule has 230 valence electrons. The molecule has 0 spiro atoms. The minimum absolute atomic E-state index is 0.0846. The van der Waals surface area contributed by atoms with E-state index in [4.69, 9.17) is 14.2 Å². The maximum atomic E-state index is 14.0. The Labute approximate surface area is 247 Å². The van der Waals surface area contributed by atoms with Crippen molar-refractivity contribution in [1.29, 1.82) is 0 Å². The molecule has 8 nitrogen and oxygen atoms in total. The fourth-order valence-corrected chi connectivity index (χ4v) is 6.29. The zero-order chi connectivity index (χ0) is 29.4. The van der Waals surface area contributed by atoms with E-state index in [-0.39, 0.29) is 35.7 Å². The second-order valence-corrected chi connectivity index (χ2v) is 13.2. The molecule has 2 atom stereocenters. The first-order chi connectivity index (χ1) is 19.7. The van der Waals surface area contributed by atoms with E-state index in [1.807, 2.05) is 4.90 Å². The smallest absolute Gasteiger partial charge is 0.227 e. The van der Waals surface area contributed by atoms with Crippen molar-refractivity contribution >= 4 is 11.8 Å². The Morgan fingerprint density at radius 3 is 2.49 bits per heavy atom. The number of carbonyl (C=O) groups excluding carboxylic acids is 2. The van der Waals surface area contributed by atoms with Gasteiger partial charge in [0.05, 0.1) is 25.0 Å². The number of rotatable bonds is 15. The number of ether oxygens (including phenoxy) is 3. The van der Waals surface area contributed by atoms with E-state index in [2.05, 4.69) is 50.5 Å². The lowest BCUT2D eigenvalue weighted by molar-refractivity contribution is -0.138. The maximum absolute atomic E-state index is 14.0. The Balaban J connectivity index is 1.42. The van der Waals surface area contributed by atoms with Crippen molar-refractivity contribution in [3.8, 4) is 11.5 Å². The van der Waals surface area contributed by atoms with E-state index in [0.29, 0.717) is 57.7 Å². The van der Waals surface area contributed by atoms with Gasteiger partial charge in [0, 0.05) is 57.4 Å². The van der Waals surface area contributed by atoms with Crippen LogP contribution in [-0.2, 0) is 27.3 Å². The van der Waals surface area contributed by atoms with Gasteiger partial charge in [-0.3, -0.25) is 9.59 Å². The van der Waals surface area contributed by atoms with Crippen LogP contribution in [0.4, 0.5) is 0 Å². The van der Waals surface area contributed by atoms with Gasteiger partial charge in [-0.15, -0.1) is 0 Å². The Bertz CT molecular complexity index is 999. The predicted octanol–water partition coefficient (Wildman–Crippen LogP) is 4.72. The highest BCUT2D eigenvalue weighted by molar-refractivity contribution is 5.83. The van der Waals surface area contributed by atoms with Crippen LogP contribution in [0, 0.1) is 23.7 Å². The Morgan fingerprint density at radius 1 is 1.07 bits per heavy atom. The molecule has 2 aliphatic heterocycles. The summed E-state index contributed by atoms with van der Waals surface area (Å²) in [4.78, 5) is 29.3. The second-order valence-electron chi connectivity index (χ2n) is 13.2. The molecule has 8 heteroatoms. The van der Waals surface area contributed by atoms with Gasteiger partial charge < -0.3 is 29.7 Å². The molecule has 2 N–H and O–H groups in total. The Morgan fingerprint density at radius 2 is 1.80 bits per heavy atom. The Kier molecular flexibility index (Phi) is 11.7. The van der Waals surface area contributed by atoms with Crippen LogP contribution in [0.1, 0.15) is 83.8 Å². The van der Waals surface area contributed by atoms with Gasteiger partial charge in [-0.2, -0.15) is 0 Å². The lowest BCUT2D eigenvalue weighted by atomic mass is 9.87. The third kappa shape index (κ3) is 9.34. The first kappa shape index (κ1) is 31.6. The van der Waals surface area contributed by atoms with E-state index in [1.54, 1.807) is 7.11 Å². The van der Waals surface area contributed by atoms with Crippen molar-refractivity contribution in [2.24, 2.45) is 23.7 Å². The molecule has 0 aromatic heterocycles. The van der Waals surface area contributed by atoms with Gasteiger partial charge in [-0.05, 0) is 74.5 Å². The number of hydrogen-bond donors (Lipinski definition) is 2. The van der Waals surface area contributed by atoms with Gasteiger partial charge in [0.2, 0.25) is 11.8 Å². The number of fused-ring (bicyclic) bond motifs is 1. The van der Waals surface area contributed by atoms with Gasteiger partial charge in [-0.1, -0.05) is 27.7 Å². The topological polar surface area (TPSA) is 89.1 Å². The molecule has 0 radical (unpaired) electrons. The van der Waals surface area contributed by atoms with E-state index < -0.39 is 0 Å². The highest BCUT2D eigenvalue weighted by Gasteiger charge is 2.39. The van der Waals surface area contributed by atoms with E-state index in [0.717, 1.165) is 67.6 Å². The molecule has 1 aliphatic carbocycles. The van der Waals surface area contributed by atoms with Crippen LogP contribution in [0.25, 0.3) is 0 Å². The summed E-state index contributed by atoms with van der Waals surface area (Å²) in [7, 11) is 1.70. The summed E-state index contributed by atoms with van der Waals surface area (Å²) in [5.74, 6) is 2.64. The van der Waals surface area contributed by atoms with Crippen LogP contribution < -0.4 is 20.1 Å². The van der Waals surface area contributed by atoms with E-state index >= 15 is 0 Å². The molecular formula is C33H53N3O5. The molecule has 0 bridgehead atoms. The molecule has 3 aliphatic rings. The molecule has 2 heterocycles. The third-order valence-corrected chi connectivity index (χ3v) is 8.36. The van der Waals surface area contributed by atoms with Crippen LogP contribution in [0.15, 0.2) is 12.1 Å². The number of methoxy groups -OCH3 is 1. The summed E-state index contributed by atoms with van der Waals surface area (Å²) in [6, 6.07) is 4.64. The largest absolute Gasteiger partial charge is 0.493 e. The summed E-state index contributed by atoms with van der Waals surface area (Å²) < 4.78 is 17.4. The van der Waals surface area contributed by atoms with Crippen molar-refractivity contribution in [3.63, 3.8) is 0 Å². The van der Waals surface area contributed by atoms with Crippen molar-refractivity contribution < 1.29 is 23.8 Å². The molecule has 4 rings (SSSR count). The zero-order valence-corrected chi connectivity index (χ0v) is 26.0. The first-order valence-corrected chi connectivity index (χ1v) is 16.0. The highest BCUT2D eigenvalue weighted by Crippen LogP contribution is 2.37.